The molecule has 0 spiro atoms. The van der Waals surface area contributed by atoms with Crippen molar-refractivity contribution < 1.29 is 0 Å². The van der Waals surface area contributed by atoms with Crippen molar-refractivity contribution in [3.63, 3.8) is 0 Å². The summed E-state index contributed by atoms with van der Waals surface area (Å²) in [4.78, 5) is 0. The van der Waals surface area contributed by atoms with Crippen molar-refractivity contribution in [3.05, 3.63) is 11.1 Å². The van der Waals surface area contributed by atoms with Crippen LogP contribution in [0.3, 0.4) is 0 Å². The lowest BCUT2D eigenvalue weighted by Crippen LogP contribution is -2.19. The smallest absolute Gasteiger partial charge is 0.225 e. The molecular formula is C11H18ClN3S. The number of hydrogen-bond donors (Lipinski definition) is 0. The van der Waals surface area contributed by atoms with E-state index >= 15 is 0 Å². The Kier molecular flexibility index (Phi) is 3.80. The lowest BCUT2D eigenvalue weighted by atomic mass is 10.1. The molecule has 1 aromatic rings. The summed E-state index contributed by atoms with van der Waals surface area (Å²) in [6.07, 6.45) is 5.93. The summed E-state index contributed by atoms with van der Waals surface area (Å²) < 4.78 is 2.15. The van der Waals surface area contributed by atoms with Crippen molar-refractivity contribution in [2.75, 3.05) is 6.26 Å². The molecule has 2 unspecified atom stereocenters. The van der Waals surface area contributed by atoms with E-state index in [0.717, 1.165) is 5.82 Å². The number of rotatable bonds is 3. The Balaban J connectivity index is 2.34. The molecule has 1 aliphatic carbocycles. The average Bonchev–Trinajstić information content (AvgIpc) is 2.82. The first-order chi connectivity index (χ1) is 7.65. The summed E-state index contributed by atoms with van der Waals surface area (Å²) in [5.41, 5.74) is 0. The van der Waals surface area contributed by atoms with Crippen LogP contribution in [-0.2, 0) is 0 Å². The highest BCUT2D eigenvalue weighted by Crippen LogP contribution is 2.40. The van der Waals surface area contributed by atoms with Gasteiger partial charge in [-0.25, -0.2) is 0 Å². The third-order valence-corrected chi connectivity index (χ3v) is 4.66. The fourth-order valence-corrected chi connectivity index (χ4v) is 3.68. The Bertz CT molecular complexity index is 364. The van der Waals surface area contributed by atoms with Crippen LogP contribution in [0.15, 0.2) is 0 Å². The van der Waals surface area contributed by atoms with E-state index in [1.54, 1.807) is 0 Å². The monoisotopic (exact) mass is 259 g/mol. The van der Waals surface area contributed by atoms with Crippen LogP contribution in [0.4, 0.5) is 0 Å². The molecule has 16 heavy (non-hydrogen) atoms. The molecule has 5 heteroatoms. The molecule has 1 heterocycles. The molecule has 0 amide bonds. The number of nitrogens with zero attached hydrogens (tertiary/aromatic N) is 3. The molecule has 1 aromatic heterocycles. The summed E-state index contributed by atoms with van der Waals surface area (Å²) in [7, 11) is 0. The van der Waals surface area contributed by atoms with Gasteiger partial charge in [0.25, 0.3) is 0 Å². The molecule has 0 saturated heterocycles. The zero-order chi connectivity index (χ0) is 11.7. The minimum atomic E-state index is 0.378. The van der Waals surface area contributed by atoms with Gasteiger partial charge in [-0.15, -0.1) is 10.2 Å². The van der Waals surface area contributed by atoms with Crippen LogP contribution in [0.2, 0.25) is 5.28 Å². The highest BCUT2D eigenvalue weighted by atomic mass is 35.5. The van der Waals surface area contributed by atoms with E-state index in [1.165, 1.54) is 19.3 Å². The van der Waals surface area contributed by atoms with Crippen molar-refractivity contribution in [1.82, 2.24) is 14.8 Å². The van der Waals surface area contributed by atoms with Gasteiger partial charge in [0.1, 0.15) is 5.82 Å². The van der Waals surface area contributed by atoms with Crippen LogP contribution < -0.4 is 0 Å². The minimum Gasteiger partial charge on any atom is -0.297 e. The van der Waals surface area contributed by atoms with Crippen molar-refractivity contribution in [1.29, 1.82) is 0 Å². The lowest BCUT2D eigenvalue weighted by molar-refractivity contribution is 0.495. The Hall–Kier alpha value is -0.220. The topological polar surface area (TPSA) is 30.7 Å². The van der Waals surface area contributed by atoms with Gasteiger partial charge < -0.3 is 0 Å². The molecular weight excluding hydrogens is 242 g/mol. The fourth-order valence-electron chi connectivity index (χ4n) is 2.46. The Morgan fingerprint density at radius 2 is 2.12 bits per heavy atom. The third-order valence-electron chi connectivity index (χ3n) is 3.25. The van der Waals surface area contributed by atoms with E-state index < -0.39 is 0 Å². The molecule has 0 aromatic carbocycles. The molecule has 1 aliphatic rings. The summed E-state index contributed by atoms with van der Waals surface area (Å²) >= 11 is 8.10. The number of aromatic nitrogens is 3. The molecule has 90 valence electrons. The molecule has 0 bridgehead atoms. The zero-order valence-corrected chi connectivity index (χ0v) is 11.6. The van der Waals surface area contributed by atoms with Crippen LogP contribution in [-0.4, -0.2) is 26.3 Å². The highest BCUT2D eigenvalue weighted by molar-refractivity contribution is 7.99. The number of thioether (sulfide) groups is 1. The Morgan fingerprint density at radius 3 is 2.75 bits per heavy atom. The van der Waals surface area contributed by atoms with Crippen LogP contribution in [0.1, 0.15) is 50.9 Å². The number of hydrogen-bond acceptors (Lipinski definition) is 3. The van der Waals surface area contributed by atoms with Gasteiger partial charge in [-0.3, -0.25) is 4.57 Å². The number of halogens is 1. The fraction of sp³-hybridized carbons (Fsp3) is 0.818. The second-order valence-corrected chi connectivity index (χ2v) is 6.04. The predicted molar refractivity (Wildman–Crippen MR) is 69.3 cm³/mol. The zero-order valence-electron chi connectivity index (χ0n) is 9.98. The SMILES string of the molecule is CSC1CCCC1n1c(Cl)nnc1C(C)C. The Morgan fingerprint density at radius 1 is 1.38 bits per heavy atom. The quantitative estimate of drug-likeness (QED) is 0.832. The first-order valence-corrected chi connectivity index (χ1v) is 7.44. The minimum absolute atomic E-state index is 0.378. The highest BCUT2D eigenvalue weighted by Gasteiger charge is 2.31. The average molecular weight is 260 g/mol. The van der Waals surface area contributed by atoms with Gasteiger partial charge in [-0.05, 0) is 30.7 Å². The molecule has 1 fully saturated rings. The third kappa shape index (κ3) is 2.09. The molecule has 2 rings (SSSR count). The Labute approximate surface area is 106 Å². The van der Waals surface area contributed by atoms with Crippen LogP contribution in [0, 0.1) is 0 Å². The van der Waals surface area contributed by atoms with Gasteiger partial charge in [0.05, 0.1) is 0 Å². The molecule has 2 atom stereocenters. The maximum Gasteiger partial charge on any atom is 0.225 e. The molecule has 1 saturated carbocycles. The lowest BCUT2D eigenvalue weighted by Gasteiger charge is -2.22. The van der Waals surface area contributed by atoms with Gasteiger partial charge in [-0.2, -0.15) is 11.8 Å². The van der Waals surface area contributed by atoms with Gasteiger partial charge in [0.2, 0.25) is 5.28 Å². The standard InChI is InChI=1S/C11H18ClN3S/c1-7(2)10-13-14-11(12)15(10)8-5-4-6-9(8)16-3/h7-9H,4-6H2,1-3H3. The summed E-state index contributed by atoms with van der Waals surface area (Å²) in [6.45, 7) is 4.28. The second kappa shape index (κ2) is 4.96. The second-order valence-electron chi connectivity index (χ2n) is 4.62. The molecule has 3 nitrogen and oxygen atoms in total. The van der Waals surface area contributed by atoms with Crippen LogP contribution in [0.5, 0.6) is 0 Å². The van der Waals surface area contributed by atoms with E-state index in [1.807, 2.05) is 11.8 Å². The summed E-state index contributed by atoms with van der Waals surface area (Å²) in [5, 5.41) is 9.43. The van der Waals surface area contributed by atoms with E-state index in [0.29, 0.717) is 22.5 Å². The van der Waals surface area contributed by atoms with E-state index in [9.17, 15) is 0 Å². The molecule has 0 radical (unpaired) electrons. The van der Waals surface area contributed by atoms with Gasteiger partial charge in [0.15, 0.2) is 0 Å². The van der Waals surface area contributed by atoms with Crippen molar-refractivity contribution in [2.45, 2.75) is 50.3 Å². The van der Waals surface area contributed by atoms with Gasteiger partial charge in [0, 0.05) is 17.2 Å². The largest absolute Gasteiger partial charge is 0.297 e. The van der Waals surface area contributed by atoms with Crippen LogP contribution >= 0.6 is 23.4 Å². The maximum atomic E-state index is 6.17. The first kappa shape index (κ1) is 12.2. The van der Waals surface area contributed by atoms with E-state index in [2.05, 4.69) is 34.9 Å². The van der Waals surface area contributed by atoms with Crippen molar-refractivity contribution in [2.24, 2.45) is 0 Å². The van der Waals surface area contributed by atoms with Crippen molar-refractivity contribution >= 4 is 23.4 Å². The molecule has 0 aliphatic heterocycles. The van der Waals surface area contributed by atoms with E-state index in [-0.39, 0.29) is 0 Å². The molecule has 0 N–H and O–H groups in total. The van der Waals surface area contributed by atoms with Gasteiger partial charge in [-0.1, -0.05) is 20.3 Å². The maximum absolute atomic E-state index is 6.17. The normalized spacial score (nSPS) is 25.6. The van der Waals surface area contributed by atoms with Crippen molar-refractivity contribution in [3.8, 4) is 0 Å². The van der Waals surface area contributed by atoms with Crippen LogP contribution in [0.25, 0.3) is 0 Å². The summed E-state index contributed by atoms with van der Waals surface area (Å²) in [5.74, 6) is 1.40. The summed E-state index contributed by atoms with van der Waals surface area (Å²) in [6, 6.07) is 0.481. The van der Waals surface area contributed by atoms with E-state index in [4.69, 9.17) is 11.6 Å². The predicted octanol–water partition coefficient (Wildman–Crippen LogP) is 3.51. The first-order valence-electron chi connectivity index (χ1n) is 5.78. The van der Waals surface area contributed by atoms with Gasteiger partial charge >= 0.3 is 0 Å².